The molecular formula is C17H20N6S. The first-order valence-electron chi connectivity index (χ1n) is 8.20. The zero-order valence-electron chi connectivity index (χ0n) is 13.6. The van der Waals surface area contributed by atoms with Crippen LogP contribution in [0.15, 0.2) is 24.5 Å². The van der Waals surface area contributed by atoms with E-state index in [1.807, 2.05) is 6.07 Å². The van der Waals surface area contributed by atoms with Gasteiger partial charge in [0.25, 0.3) is 0 Å². The smallest absolute Gasteiger partial charge is 0.189 e. The molecule has 0 amide bonds. The number of nitrogens with one attached hydrogen (secondary N) is 1. The number of rotatable bonds is 3. The highest BCUT2D eigenvalue weighted by Crippen LogP contribution is 2.33. The lowest BCUT2D eigenvalue weighted by molar-refractivity contribution is 0.574. The molecule has 0 saturated carbocycles. The molecule has 3 aromatic rings. The van der Waals surface area contributed by atoms with E-state index in [0.717, 1.165) is 34.3 Å². The van der Waals surface area contributed by atoms with Gasteiger partial charge < -0.3 is 16.0 Å². The van der Waals surface area contributed by atoms with Crippen molar-refractivity contribution in [2.24, 2.45) is 0 Å². The maximum atomic E-state index is 6.33. The molecule has 0 aliphatic carbocycles. The lowest BCUT2D eigenvalue weighted by Gasteiger charge is -2.28. The van der Waals surface area contributed by atoms with Gasteiger partial charge in [-0.1, -0.05) is 17.4 Å². The Bertz CT molecular complexity index is 869. The third kappa shape index (κ3) is 2.87. The first kappa shape index (κ1) is 15.1. The van der Waals surface area contributed by atoms with Gasteiger partial charge in [-0.25, -0.2) is 15.0 Å². The van der Waals surface area contributed by atoms with Gasteiger partial charge in [-0.3, -0.25) is 0 Å². The monoisotopic (exact) mass is 340 g/mol. The van der Waals surface area contributed by atoms with E-state index in [4.69, 9.17) is 5.73 Å². The largest absolute Gasteiger partial charge is 0.393 e. The fourth-order valence-electron chi connectivity index (χ4n) is 3.03. The van der Waals surface area contributed by atoms with Crippen molar-refractivity contribution < 1.29 is 0 Å². The first-order chi connectivity index (χ1) is 11.7. The van der Waals surface area contributed by atoms with Crippen molar-refractivity contribution in [3.63, 3.8) is 0 Å². The molecule has 1 aromatic carbocycles. The molecule has 0 atom stereocenters. The molecule has 0 radical (unpaired) electrons. The number of hydrogen-bond acceptors (Lipinski definition) is 7. The average molecular weight is 340 g/mol. The van der Waals surface area contributed by atoms with E-state index in [9.17, 15) is 0 Å². The van der Waals surface area contributed by atoms with Crippen LogP contribution in [0.25, 0.3) is 10.2 Å². The summed E-state index contributed by atoms with van der Waals surface area (Å²) in [5.41, 5.74) is 9.13. The molecule has 124 valence electrons. The number of benzene rings is 1. The molecule has 1 fully saturated rings. The van der Waals surface area contributed by atoms with Crippen LogP contribution in [-0.2, 0) is 0 Å². The van der Waals surface area contributed by atoms with Crippen molar-refractivity contribution in [3.8, 4) is 0 Å². The molecule has 6 nitrogen and oxygen atoms in total. The van der Waals surface area contributed by atoms with Crippen LogP contribution in [0.5, 0.6) is 0 Å². The van der Waals surface area contributed by atoms with E-state index in [2.05, 4.69) is 44.2 Å². The zero-order chi connectivity index (χ0) is 16.5. The third-order valence-electron chi connectivity index (χ3n) is 4.29. The second-order valence-electron chi connectivity index (χ2n) is 6.12. The van der Waals surface area contributed by atoms with Crippen molar-refractivity contribution in [2.75, 3.05) is 29.0 Å². The standard InChI is InChI=1S/C17H20N6S/c1-11-5-6-12-13(9-11)24-17(21-12)22-15-14(18)16(20-10-19-15)23-7-3-2-4-8-23/h5-6,9-10H,2-4,7-8,18H2,1H3,(H,19,20,21,22). The number of aromatic nitrogens is 3. The van der Waals surface area contributed by atoms with Crippen LogP contribution in [0.3, 0.4) is 0 Å². The molecule has 0 bridgehead atoms. The van der Waals surface area contributed by atoms with Gasteiger partial charge in [0.2, 0.25) is 0 Å². The van der Waals surface area contributed by atoms with Crippen LogP contribution >= 0.6 is 11.3 Å². The lowest BCUT2D eigenvalue weighted by atomic mass is 10.1. The minimum atomic E-state index is 0.592. The number of nitrogen functional groups attached to an aromatic ring is 1. The van der Waals surface area contributed by atoms with Crippen molar-refractivity contribution in [2.45, 2.75) is 26.2 Å². The predicted molar refractivity (Wildman–Crippen MR) is 100 cm³/mol. The summed E-state index contributed by atoms with van der Waals surface area (Å²) in [6.07, 6.45) is 5.21. The summed E-state index contributed by atoms with van der Waals surface area (Å²) >= 11 is 1.60. The number of nitrogens with zero attached hydrogens (tertiary/aromatic N) is 4. The molecular weight excluding hydrogens is 320 g/mol. The van der Waals surface area contributed by atoms with Crippen molar-refractivity contribution >= 4 is 44.0 Å². The molecule has 7 heteroatoms. The third-order valence-corrected chi connectivity index (χ3v) is 5.22. The second-order valence-corrected chi connectivity index (χ2v) is 7.15. The molecule has 0 spiro atoms. The number of anilines is 4. The van der Waals surface area contributed by atoms with Crippen molar-refractivity contribution in [1.82, 2.24) is 15.0 Å². The summed E-state index contributed by atoms with van der Waals surface area (Å²) in [6, 6.07) is 6.24. The molecule has 2 aromatic heterocycles. The van der Waals surface area contributed by atoms with E-state index in [-0.39, 0.29) is 0 Å². The van der Waals surface area contributed by atoms with Crippen molar-refractivity contribution in [3.05, 3.63) is 30.1 Å². The summed E-state index contributed by atoms with van der Waals surface area (Å²) < 4.78 is 1.15. The highest BCUT2D eigenvalue weighted by molar-refractivity contribution is 7.22. The Morgan fingerprint density at radius 2 is 2.00 bits per heavy atom. The highest BCUT2D eigenvalue weighted by atomic mass is 32.1. The van der Waals surface area contributed by atoms with Crippen molar-refractivity contribution in [1.29, 1.82) is 0 Å². The van der Waals surface area contributed by atoms with Gasteiger partial charge in [-0.15, -0.1) is 0 Å². The highest BCUT2D eigenvalue weighted by Gasteiger charge is 2.18. The quantitative estimate of drug-likeness (QED) is 0.756. The molecule has 4 rings (SSSR count). The normalized spacial score (nSPS) is 15.0. The van der Waals surface area contributed by atoms with E-state index in [1.165, 1.54) is 24.8 Å². The summed E-state index contributed by atoms with van der Waals surface area (Å²) in [5.74, 6) is 1.45. The molecule has 24 heavy (non-hydrogen) atoms. The first-order valence-corrected chi connectivity index (χ1v) is 9.02. The Labute approximate surface area is 144 Å². The Hall–Kier alpha value is -2.41. The molecule has 3 heterocycles. The van der Waals surface area contributed by atoms with E-state index in [1.54, 1.807) is 17.7 Å². The average Bonchev–Trinajstić information content (AvgIpc) is 2.99. The maximum Gasteiger partial charge on any atom is 0.189 e. The molecule has 0 unspecified atom stereocenters. The number of nitrogens with two attached hydrogens (primary N) is 1. The van der Waals surface area contributed by atoms with Gasteiger partial charge in [0.1, 0.15) is 12.0 Å². The summed E-state index contributed by atoms with van der Waals surface area (Å²) in [7, 11) is 0. The van der Waals surface area contributed by atoms with Gasteiger partial charge in [0.15, 0.2) is 16.8 Å². The number of hydrogen-bond donors (Lipinski definition) is 2. The van der Waals surface area contributed by atoms with Crippen LogP contribution < -0.4 is 16.0 Å². The van der Waals surface area contributed by atoms with Gasteiger partial charge in [0.05, 0.1) is 10.2 Å². The number of aryl methyl sites for hydroxylation is 1. The Kier molecular flexibility index (Phi) is 3.93. The minimum absolute atomic E-state index is 0.592. The summed E-state index contributed by atoms with van der Waals surface area (Å²) in [6.45, 7) is 4.09. The molecule has 1 aliphatic heterocycles. The lowest BCUT2D eigenvalue weighted by Crippen LogP contribution is -2.31. The van der Waals surface area contributed by atoms with E-state index in [0.29, 0.717) is 11.5 Å². The number of piperidine rings is 1. The minimum Gasteiger partial charge on any atom is -0.393 e. The SMILES string of the molecule is Cc1ccc2nc(Nc3ncnc(N4CCCCC4)c3N)sc2c1. The van der Waals surface area contributed by atoms with E-state index >= 15 is 0 Å². The van der Waals surface area contributed by atoms with Gasteiger partial charge in [-0.2, -0.15) is 0 Å². The van der Waals surface area contributed by atoms with E-state index < -0.39 is 0 Å². The predicted octanol–water partition coefficient (Wildman–Crippen LogP) is 3.71. The topological polar surface area (TPSA) is 80.0 Å². The molecule has 3 N–H and O–H groups in total. The number of thiazole rings is 1. The van der Waals surface area contributed by atoms with Gasteiger partial charge in [-0.05, 0) is 43.9 Å². The summed E-state index contributed by atoms with van der Waals surface area (Å²) in [5, 5.41) is 4.06. The summed E-state index contributed by atoms with van der Waals surface area (Å²) in [4.78, 5) is 15.6. The second kappa shape index (κ2) is 6.24. The van der Waals surface area contributed by atoms with Crippen LogP contribution in [0.2, 0.25) is 0 Å². The maximum absolute atomic E-state index is 6.33. The van der Waals surface area contributed by atoms with Crippen LogP contribution in [0, 0.1) is 6.92 Å². The fourth-order valence-corrected chi connectivity index (χ4v) is 3.99. The van der Waals surface area contributed by atoms with Gasteiger partial charge in [0, 0.05) is 13.1 Å². The van der Waals surface area contributed by atoms with Crippen LogP contribution in [0.1, 0.15) is 24.8 Å². The zero-order valence-corrected chi connectivity index (χ0v) is 14.4. The van der Waals surface area contributed by atoms with Gasteiger partial charge >= 0.3 is 0 Å². The Morgan fingerprint density at radius 3 is 2.83 bits per heavy atom. The molecule has 1 saturated heterocycles. The molecule has 1 aliphatic rings. The fraction of sp³-hybridized carbons (Fsp3) is 0.353. The Balaban J connectivity index is 1.63. The van der Waals surface area contributed by atoms with Crippen LogP contribution in [-0.4, -0.2) is 28.0 Å². The number of fused-ring (bicyclic) bond motifs is 1. The Morgan fingerprint density at radius 1 is 1.17 bits per heavy atom. The van der Waals surface area contributed by atoms with Crippen LogP contribution in [0.4, 0.5) is 22.5 Å².